The summed E-state index contributed by atoms with van der Waals surface area (Å²) in [4.78, 5) is 0. The van der Waals surface area contributed by atoms with Crippen molar-refractivity contribution in [2.45, 2.75) is 59.3 Å². The second-order valence-electron chi connectivity index (χ2n) is 5.65. The fourth-order valence-corrected chi connectivity index (χ4v) is 2.78. The Bertz CT molecular complexity index is 165. The molecular formula is C13H27N. The molecule has 0 heterocycles. The summed E-state index contributed by atoms with van der Waals surface area (Å²) in [5.74, 6) is 1.80. The summed E-state index contributed by atoms with van der Waals surface area (Å²) in [6.07, 6.45) is 8.27. The normalized spacial score (nSPS) is 32.8. The van der Waals surface area contributed by atoms with Gasteiger partial charge in [-0.3, -0.25) is 0 Å². The molecule has 1 fully saturated rings. The van der Waals surface area contributed by atoms with Crippen LogP contribution in [0.4, 0.5) is 0 Å². The molecule has 1 heteroatoms. The zero-order chi connectivity index (χ0) is 10.6. The van der Waals surface area contributed by atoms with Crippen LogP contribution in [0.1, 0.15) is 59.3 Å². The van der Waals surface area contributed by atoms with Gasteiger partial charge >= 0.3 is 0 Å². The van der Waals surface area contributed by atoms with Crippen molar-refractivity contribution in [3.8, 4) is 0 Å². The van der Waals surface area contributed by atoms with Crippen molar-refractivity contribution < 1.29 is 0 Å². The third-order valence-electron chi connectivity index (χ3n) is 4.07. The van der Waals surface area contributed by atoms with Crippen LogP contribution in [-0.2, 0) is 0 Å². The Balaban J connectivity index is 2.43. The summed E-state index contributed by atoms with van der Waals surface area (Å²) < 4.78 is 0. The van der Waals surface area contributed by atoms with Gasteiger partial charge in [-0.15, -0.1) is 0 Å². The topological polar surface area (TPSA) is 26.0 Å². The lowest BCUT2D eigenvalue weighted by molar-refractivity contribution is 0.248. The van der Waals surface area contributed by atoms with E-state index in [2.05, 4.69) is 20.8 Å². The molecule has 0 saturated heterocycles. The summed E-state index contributed by atoms with van der Waals surface area (Å²) in [7, 11) is 0. The van der Waals surface area contributed by atoms with E-state index in [1.807, 2.05) is 0 Å². The summed E-state index contributed by atoms with van der Waals surface area (Å²) in [6.45, 7) is 7.86. The van der Waals surface area contributed by atoms with Crippen LogP contribution >= 0.6 is 0 Å². The first-order valence-corrected chi connectivity index (χ1v) is 6.32. The van der Waals surface area contributed by atoms with Gasteiger partial charge in [-0.1, -0.05) is 33.6 Å². The maximum absolute atomic E-state index is 5.97. The Labute approximate surface area is 89.5 Å². The van der Waals surface area contributed by atoms with Gasteiger partial charge in [-0.05, 0) is 49.5 Å². The highest BCUT2D eigenvalue weighted by molar-refractivity contribution is 4.89. The van der Waals surface area contributed by atoms with Crippen LogP contribution in [0.25, 0.3) is 0 Å². The molecular weight excluding hydrogens is 170 g/mol. The van der Waals surface area contributed by atoms with Crippen LogP contribution in [0, 0.1) is 17.3 Å². The zero-order valence-electron chi connectivity index (χ0n) is 10.2. The van der Waals surface area contributed by atoms with Gasteiger partial charge in [0.05, 0.1) is 0 Å². The molecule has 2 atom stereocenters. The lowest BCUT2D eigenvalue weighted by atomic mass is 9.79. The lowest BCUT2D eigenvalue weighted by Gasteiger charge is -2.28. The quantitative estimate of drug-likeness (QED) is 0.716. The molecule has 0 amide bonds. The van der Waals surface area contributed by atoms with Gasteiger partial charge in [0.25, 0.3) is 0 Å². The highest BCUT2D eigenvalue weighted by Gasteiger charge is 2.36. The van der Waals surface area contributed by atoms with E-state index in [1.54, 1.807) is 0 Å². The average molecular weight is 197 g/mol. The second kappa shape index (κ2) is 5.16. The van der Waals surface area contributed by atoms with Crippen molar-refractivity contribution in [3.63, 3.8) is 0 Å². The Hall–Kier alpha value is -0.0400. The maximum Gasteiger partial charge on any atom is -0.00204 e. The SMILES string of the molecule is CCC1CCC(CN)(CCC(C)C)C1. The predicted octanol–water partition coefficient (Wildman–Crippen LogP) is 3.58. The molecule has 1 nitrogen and oxygen atoms in total. The van der Waals surface area contributed by atoms with E-state index in [4.69, 9.17) is 5.73 Å². The van der Waals surface area contributed by atoms with Crippen LogP contribution in [0.3, 0.4) is 0 Å². The average Bonchev–Trinajstić information content (AvgIpc) is 2.59. The first-order chi connectivity index (χ1) is 6.62. The van der Waals surface area contributed by atoms with Crippen molar-refractivity contribution in [1.82, 2.24) is 0 Å². The van der Waals surface area contributed by atoms with Crippen LogP contribution < -0.4 is 5.73 Å². The minimum atomic E-state index is 0.519. The van der Waals surface area contributed by atoms with E-state index in [1.165, 1.54) is 38.5 Å². The van der Waals surface area contributed by atoms with Crippen LogP contribution in [0.5, 0.6) is 0 Å². The molecule has 0 spiro atoms. The molecule has 1 aliphatic rings. The van der Waals surface area contributed by atoms with Crippen molar-refractivity contribution in [2.75, 3.05) is 6.54 Å². The van der Waals surface area contributed by atoms with Gasteiger partial charge in [0.1, 0.15) is 0 Å². The molecule has 1 saturated carbocycles. The van der Waals surface area contributed by atoms with Gasteiger partial charge in [0, 0.05) is 0 Å². The first kappa shape index (κ1) is 12.0. The smallest absolute Gasteiger partial charge is 0.00204 e. The van der Waals surface area contributed by atoms with E-state index in [-0.39, 0.29) is 0 Å². The number of hydrogen-bond acceptors (Lipinski definition) is 1. The number of rotatable bonds is 5. The third-order valence-corrected chi connectivity index (χ3v) is 4.07. The molecule has 84 valence electrons. The minimum absolute atomic E-state index is 0.519. The maximum atomic E-state index is 5.97. The third kappa shape index (κ3) is 2.98. The molecule has 2 unspecified atom stereocenters. The molecule has 0 aromatic carbocycles. The summed E-state index contributed by atoms with van der Waals surface area (Å²) in [5.41, 5.74) is 6.49. The molecule has 0 aliphatic heterocycles. The molecule has 1 aliphatic carbocycles. The van der Waals surface area contributed by atoms with Crippen molar-refractivity contribution in [2.24, 2.45) is 23.0 Å². The van der Waals surface area contributed by atoms with Gasteiger partial charge < -0.3 is 5.73 Å². The largest absolute Gasteiger partial charge is 0.330 e. The van der Waals surface area contributed by atoms with Crippen LogP contribution in [0.15, 0.2) is 0 Å². The van der Waals surface area contributed by atoms with Gasteiger partial charge in [-0.2, -0.15) is 0 Å². The Morgan fingerprint density at radius 1 is 1.43 bits per heavy atom. The molecule has 1 rings (SSSR count). The summed E-state index contributed by atoms with van der Waals surface area (Å²) in [5, 5.41) is 0. The lowest BCUT2D eigenvalue weighted by Crippen LogP contribution is -2.28. The molecule has 0 bridgehead atoms. The molecule has 14 heavy (non-hydrogen) atoms. The van der Waals surface area contributed by atoms with E-state index < -0.39 is 0 Å². The Kier molecular flexibility index (Phi) is 4.43. The Morgan fingerprint density at radius 2 is 2.14 bits per heavy atom. The molecule has 0 aromatic rings. The van der Waals surface area contributed by atoms with Gasteiger partial charge in [-0.25, -0.2) is 0 Å². The van der Waals surface area contributed by atoms with E-state index in [0.29, 0.717) is 5.41 Å². The fourth-order valence-electron chi connectivity index (χ4n) is 2.78. The standard InChI is InChI=1S/C13H27N/c1-4-12-6-8-13(9-12,10-14)7-5-11(2)3/h11-12H,4-10,14H2,1-3H3. The van der Waals surface area contributed by atoms with Crippen molar-refractivity contribution in [1.29, 1.82) is 0 Å². The first-order valence-electron chi connectivity index (χ1n) is 6.32. The van der Waals surface area contributed by atoms with Crippen LogP contribution in [-0.4, -0.2) is 6.54 Å². The highest BCUT2D eigenvalue weighted by Crippen LogP contribution is 2.45. The van der Waals surface area contributed by atoms with Gasteiger partial charge in [0.2, 0.25) is 0 Å². The fraction of sp³-hybridized carbons (Fsp3) is 1.00. The predicted molar refractivity (Wildman–Crippen MR) is 63.2 cm³/mol. The molecule has 2 N–H and O–H groups in total. The highest BCUT2D eigenvalue weighted by atomic mass is 14.6. The summed E-state index contributed by atoms with van der Waals surface area (Å²) >= 11 is 0. The molecule has 0 radical (unpaired) electrons. The van der Waals surface area contributed by atoms with Crippen molar-refractivity contribution >= 4 is 0 Å². The van der Waals surface area contributed by atoms with Gasteiger partial charge in [0.15, 0.2) is 0 Å². The van der Waals surface area contributed by atoms with E-state index in [0.717, 1.165) is 18.4 Å². The minimum Gasteiger partial charge on any atom is -0.330 e. The zero-order valence-corrected chi connectivity index (χ0v) is 10.2. The van der Waals surface area contributed by atoms with E-state index >= 15 is 0 Å². The monoisotopic (exact) mass is 197 g/mol. The second-order valence-corrected chi connectivity index (χ2v) is 5.65. The number of hydrogen-bond donors (Lipinski definition) is 1. The van der Waals surface area contributed by atoms with E-state index in [9.17, 15) is 0 Å². The van der Waals surface area contributed by atoms with Crippen molar-refractivity contribution in [3.05, 3.63) is 0 Å². The Morgan fingerprint density at radius 3 is 2.57 bits per heavy atom. The molecule has 0 aromatic heterocycles. The number of nitrogens with two attached hydrogens (primary N) is 1. The summed E-state index contributed by atoms with van der Waals surface area (Å²) in [6, 6.07) is 0. The van der Waals surface area contributed by atoms with Crippen LogP contribution in [0.2, 0.25) is 0 Å².